The highest BCUT2D eigenvalue weighted by Crippen LogP contribution is 2.28. The quantitative estimate of drug-likeness (QED) is 0.495. The van der Waals surface area contributed by atoms with Gasteiger partial charge in [0.15, 0.2) is 0 Å². The van der Waals surface area contributed by atoms with Gasteiger partial charge >= 0.3 is 0 Å². The number of carbonyl (C=O) groups is 1. The lowest BCUT2D eigenvalue weighted by molar-refractivity contribution is 0.102. The fourth-order valence-corrected chi connectivity index (χ4v) is 4.49. The molecule has 162 valence electrons. The number of para-hydroxylation sites is 2. The highest BCUT2D eigenvalue weighted by Gasteiger charge is 2.21. The normalized spacial score (nSPS) is 11.1. The average molecular weight is 459 g/mol. The minimum Gasteiger partial charge on any atom is -0.492 e. The van der Waals surface area contributed by atoms with Gasteiger partial charge < -0.3 is 10.1 Å². The van der Waals surface area contributed by atoms with E-state index in [1.807, 2.05) is 26.8 Å². The number of anilines is 2. The summed E-state index contributed by atoms with van der Waals surface area (Å²) in [5.74, 6) is 0.0445. The van der Waals surface area contributed by atoms with E-state index in [1.54, 1.807) is 36.4 Å². The maximum atomic E-state index is 12.9. The fourth-order valence-electron chi connectivity index (χ4n) is 2.91. The molecule has 31 heavy (non-hydrogen) atoms. The molecule has 3 aromatic rings. The van der Waals surface area contributed by atoms with E-state index in [4.69, 9.17) is 16.3 Å². The summed E-state index contributed by atoms with van der Waals surface area (Å²) in [5, 5.41) is 2.77. The predicted octanol–water partition coefficient (Wildman–Crippen LogP) is 5.41. The van der Waals surface area contributed by atoms with E-state index < -0.39 is 15.9 Å². The van der Waals surface area contributed by atoms with E-state index in [2.05, 4.69) is 10.0 Å². The van der Waals surface area contributed by atoms with Gasteiger partial charge in [0.2, 0.25) is 0 Å². The summed E-state index contributed by atoms with van der Waals surface area (Å²) >= 11 is 6.16. The van der Waals surface area contributed by atoms with Gasteiger partial charge in [-0.2, -0.15) is 0 Å². The third-order valence-electron chi connectivity index (χ3n) is 4.68. The van der Waals surface area contributed by atoms with Crippen molar-refractivity contribution in [3.8, 4) is 5.75 Å². The molecule has 0 unspecified atom stereocenters. The van der Waals surface area contributed by atoms with Gasteiger partial charge in [-0.25, -0.2) is 8.42 Å². The van der Waals surface area contributed by atoms with E-state index in [1.165, 1.54) is 18.2 Å². The van der Waals surface area contributed by atoms with Crippen LogP contribution in [0.5, 0.6) is 5.75 Å². The van der Waals surface area contributed by atoms with Gasteiger partial charge in [0.05, 0.1) is 17.3 Å². The van der Waals surface area contributed by atoms with Crippen molar-refractivity contribution in [3.05, 3.63) is 82.4 Å². The SMILES string of the molecule is CCOc1ccccc1NC(=O)c1ccc(Cl)c(S(=O)(=O)Nc2ccc(C)c(C)c2)c1. The average Bonchev–Trinajstić information content (AvgIpc) is 2.72. The molecule has 2 N–H and O–H groups in total. The number of sulfonamides is 1. The fraction of sp³-hybridized carbons (Fsp3) is 0.174. The van der Waals surface area contributed by atoms with Crippen molar-refractivity contribution in [1.29, 1.82) is 0 Å². The number of benzene rings is 3. The number of aryl methyl sites for hydroxylation is 2. The Balaban J connectivity index is 1.88. The van der Waals surface area contributed by atoms with E-state index in [0.717, 1.165) is 11.1 Å². The van der Waals surface area contributed by atoms with E-state index >= 15 is 0 Å². The lowest BCUT2D eigenvalue weighted by Gasteiger charge is -2.13. The molecule has 0 aromatic heterocycles. The molecular formula is C23H23ClN2O4S. The standard InChI is InChI=1S/C23H23ClN2O4S/c1-4-30-21-8-6-5-7-20(21)25-23(27)17-10-12-19(24)22(14-17)31(28,29)26-18-11-9-15(2)16(3)13-18/h5-14,26H,4H2,1-3H3,(H,25,27). The first-order valence-corrected chi connectivity index (χ1v) is 11.5. The number of hydrogen-bond acceptors (Lipinski definition) is 4. The summed E-state index contributed by atoms with van der Waals surface area (Å²) in [6.45, 7) is 6.12. The van der Waals surface area contributed by atoms with Crippen molar-refractivity contribution >= 4 is 38.9 Å². The van der Waals surface area contributed by atoms with E-state index in [0.29, 0.717) is 23.7 Å². The zero-order valence-electron chi connectivity index (χ0n) is 17.4. The van der Waals surface area contributed by atoms with Gasteiger partial charge in [0.25, 0.3) is 15.9 Å². The molecule has 3 aromatic carbocycles. The maximum absolute atomic E-state index is 12.9. The van der Waals surface area contributed by atoms with Crippen molar-refractivity contribution in [3.63, 3.8) is 0 Å². The number of nitrogens with one attached hydrogen (secondary N) is 2. The molecule has 3 rings (SSSR count). The van der Waals surface area contributed by atoms with Crippen LogP contribution in [-0.2, 0) is 10.0 Å². The third kappa shape index (κ3) is 5.37. The highest BCUT2D eigenvalue weighted by atomic mass is 35.5. The highest BCUT2D eigenvalue weighted by molar-refractivity contribution is 7.92. The molecule has 0 saturated carbocycles. The van der Waals surface area contributed by atoms with E-state index in [9.17, 15) is 13.2 Å². The van der Waals surface area contributed by atoms with Crippen LogP contribution in [0.15, 0.2) is 65.6 Å². The molecule has 8 heteroatoms. The Hall–Kier alpha value is -3.03. The van der Waals surface area contributed by atoms with Gasteiger partial charge in [-0.05, 0) is 74.4 Å². The lowest BCUT2D eigenvalue weighted by Crippen LogP contribution is -2.17. The summed E-state index contributed by atoms with van der Waals surface area (Å²) in [6, 6.07) is 16.4. The Morgan fingerprint density at radius 2 is 1.74 bits per heavy atom. The number of amides is 1. The van der Waals surface area contributed by atoms with Crippen molar-refractivity contribution in [1.82, 2.24) is 0 Å². The summed E-state index contributed by atoms with van der Waals surface area (Å²) in [5.41, 5.74) is 3.05. The Morgan fingerprint density at radius 3 is 2.45 bits per heavy atom. The van der Waals surface area contributed by atoms with Crippen molar-refractivity contribution in [2.45, 2.75) is 25.7 Å². The summed E-state index contributed by atoms with van der Waals surface area (Å²) < 4.78 is 33.9. The number of halogens is 1. The third-order valence-corrected chi connectivity index (χ3v) is 6.54. The maximum Gasteiger partial charge on any atom is 0.263 e. The Labute approximate surface area is 187 Å². The number of rotatable bonds is 7. The Bertz CT molecular complexity index is 1230. The molecule has 0 heterocycles. The van der Waals surface area contributed by atoms with Crippen LogP contribution in [0, 0.1) is 13.8 Å². The van der Waals surface area contributed by atoms with Crippen molar-refractivity contribution in [2.75, 3.05) is 16.6 Å². The number of ether oxygens (including phenoxy) is 1. The van der Waals surface area contributed by atoms with Crippen LogP contribution in [-0.4, -0.2) is 20.9 Å². The number of hydrogen-bond donors (Lipinski definition) is 2. The van der Waals surface area contributed by atoms with Gasteiger partial charge in [0.1, 0.15) is 10.6 Å². The smallest absolute Gasteiger partial charge is 0.263 e. The molecule has 0 saturated heterocycles. The molecule has 0 radical (unpaired) electrons. The van der Waals surface area contributed by atoms with Gasteiger partial charge in [0, 0.05) is 11.3 Å². The van der Waals surface area contributed by atoms with Crippen molar-refractivity contribution in [2.24, 2.45) is 0 Å². The minimum absolute atomic E-state index is 0.0163. The number of carbonyl (C=O) groups excluding carboxylic acids is 1. The van der Waals surface area contributed by atoms with Crippen LogP contribution >= 0.6 is 11.6 Å². The first-order chi connectivity index (χ1) is 14.7. The summed E-state index contributed by atoms with van der Waals surface area (Å²) in [6.07, 6.45) is 0. The first-order valence-electron chi connectivity index (χ1n) is 9.64. The zero-order valence-corrected chi connectivity index (χ0v) is 19.0. The molecule has 1 amide bonds. The molecule has 0 aliphatic rings. The second-order valence-electron chi connectivity index (χ2n) is 6.93. The van der Waals surface area contributed by atoms with Crippen LogP contribution < -0.4 is 14.8 Å². The van der Waals surface area contributed by atoms with Gasteiger partial charge in [-0.3, -0.25) is 9.52 Å². The topological polar surface area (TPSA) is 84.5 Å². The first kappa shape index (κ1) is 22.7. The molecule has 0 aliphatic heterocycles. The lowest BCUT2D eigenvalue weighted by atomic mass is 10.1. The Kier molecular flexibility index (Phi) is 6.87. The molecule has 0 bridgehead atoms. The predicted molar refractivity (Wildman–Crippen MR) is 124 cm³/mol. The van der Waals surface area contributed by atoms with Crippen LogP contribution in [0.1, 0.15) is 28.4 Å². The van der Waals surface area contributed by atoms with Crippen LogP contribution in [0.2, 0.25) is 5.02 Å². The summed E-state index contributed by atoms with van der Waals surface area (Å²) in [4.78, 5) is 12.6. The molecule has 0 fully saturated rings. The molecule has 0 aliphatic carbocycles. The molecular weight excluding hydrogens is 436 g/mol. The van der Waals surface area contributed by atoms with Crippen LogP contribution in [0.3, 0.4) is 0 Å². The second kappa shape index (κ2) is 9.41. The largest absolute Gasteiger partial charge is 0.492 e. The molecule has 0 atom stereocenters. The van der Waals surface area contributed by atoms with Crippen molar-refractivity contribution < 1.29 is 17.9 Å². The van der Waals surface area contributed by atoms with Crippen LogP contribution in [0.4, 0.5) is 11.4 Å². The second-order valence-corrected chi connectivity index (χ2v) is 8.99. The molecule has 6 nitrogen and oxygen atoms in total. The molecule has 0 spiro atoms. The van der Waals surface area contributed by atoms with Crippen LogP contribution in [0.25, 0.3) is 0 Å². The monoisotopic (exact) mass is 458 g/mol. The van der Waals surface area contributed by atoms with E-state index in [-0.39, 0.29) is 15.5 Å². The summed E-state index contributed by atoms with van der Waals surface area (Å²) in [7, 11) is -4.01. The Morgan fingerprint density at radius 1 is 1.00 bits per heavy atom. The van der Waals surface area contributed by atoms with Gasteiger partial charge in [-0.1, -0.05) is 29.8 Å². The van der Waals surface area contributed by atoms with Gasteiger partial charge in [-0.15, -0.1) is 0 Å². The minimum atomic E-state index is -4.01. The zero-order chi connectivity index (χ0) is 22.6.